The normalized spacial score (nSPS) is 19.1. The van der Waals surface area contributed by atoms with Crippen LogP contribution in [-0.2, 0) is 11.3 Å². The number of piperidine rings is 1. The Labute approximate surface area is 156 Å². The maximum atomic E-state index is 12.0. The summed E-state index contributed by atoms with van der Waals surface area (Å²) in [5.74, 6) is 0. The highest BCUT2D eigenvalue weighted by Crippen LogP contribution is 2.29. The number of ether oxygens (including phenoxy) is 1. The molecule has 6 nitrogen and oxygen atoms in total. The lowest BCUT2D eigenvalue weighted by Crippen LogP contribution is -2.48. The van der Waals surface area contributed by atoms with Crippen LogP contribution in [0.2, 0.25) is 5.15 Å². The number of amides is 1. The minimum Gasteiger partial charge on any atom is -0.444 e. The van der Waals surface area contributed by atoms with Crippen molar-refractivity contribution in [1.82, 2.24) is 20.2 Å². The molecule has 0 unspecified atom stereocenters. The van der Waals surface area contributed by atoms with Crippen molar-refractivity contribution in [3.8, 4) is 0 Å². The number of rotatable bonds is 3. The molecule has 0 bridgehead atoms. The molecule has 3 rings (SSSR count). The molecule has 1 atom stereocenters. The second-order valence-electron chi connectivity index (χ2n) is 7.32. The van der Waals surface area contributed by atoms with Crippen LogP contribution in [0, 0.1) is 0 Å². The van der Waals surface area contributed by atoms with Crippen LogP contribution in [0.1, 0.15) is 38.5 Å². The summed E-state index contributed by atoms with van der Waals surface area (Å²) in [6.45, 7) is 8.26. The quantitative estimate of drug-likeness (QED) is 0.817. The Hall–Kier alpha value is -1.44. The number of halogens is 1. The van der Waals surface area contributed by atoms with Gasteiger partial charge in [0.15, 0.2) is 0 Å². The van der Waals surface area contributed by atoms with Crippen molar-refractivity contribution in [3.63, 3.8) is 0 Å². The van der Waals surface area contributed by atoms with E-state index in [-0.39, 0.29) is 12.1 Å². The van der Waals surface area contributed by atoms with Crippen molar-refractivity contribution in [2.45, 2.75) is 51.8 Å². The van der Waals surface area contributed by atoms with Gasteiger partial charge in [-0.15, -0.1) is 11.3 Å². The number of carbonyl (C=O) groups excluding carboxylic acids is 1. The van der Waals surface area contributed by atoms with E-state index in [2.05, 4.69) is 26.3 Å². The van der Waals surface area contributed by atoms with Gasteiger partial charge in [0.1, 0.15) is 21.9 Å². The minimum atomic E-state index is -0.476. The van der Waals surface area contributed by atoms with E-state index < -0.39 is 5.60 Å². The first kappa shape index (κ1) is 18.4. The highest BCUT2D eigenvalue weighted by atomic mass is 35.5. The molecule has 1 fully saturated rings. The van der Waals surface area contributed by atoms with Gasteiger partial charge in [-0.3, -0.25) is 4.90 Å². The Balaban J connectivity index is 1.59. The van der Waals surface area contributed by atoms with Crippen LogP contribution in [0.4, 0.5) is 4.79 Å². The number of thiophene rings is 1. The van der Waals surface area contributed by atoms with Crippen molar-refractivity contribution in [1.29, 1.82) is 0 Å². The second kappa shape index (κ2) is 7.43. The summed E-state index contributed by atoms with van der Waals surface area (Å²) in [5.41, 5.74) is -0.476. The van der Waals surface area contributed by atoms with Gasteiger partial charge in [0.25, 0.3) is 0 Å². The van der Waals surface area contributed by atoms with E-state index in [1.807, 2.05) is 20.8 Å². The van der Waals surface area contributed by atoms with Crippen LogP contribution in [0.25, 0.3) is 10.2 Å². The van der Waals surface area contributed by atoms with Crippen molar-refractivity contribution in [2.24, 2.45) is 0 Å². The summed E-state index contributed by atoms with van der Waals surface area (Å²) >= 11 is 7.77. The van der Waals surface area contributed by atoms with Gasteiger partial charge in [-0.05, 0) is 46.2 Å². The molecule has 1 amide bonds. The van der Waals surface area contributed by atoms with Crippen LogP contribution in [0.5, 0.6) is 0 Å². The molecule has 2 aromatic rings. The van der Waals surface area contributed by atoms with E-state index in [0.29, 0.717) is 5.15 Å². The maximum Gasteiger partial charge on any atom is 0.407 e. The molecular weight excluding hydrogens is 360 g/mol. The highest BCUT2D eigenvalue weighted by molar-refractivity contribution is 7.18. The molecule has 1 N–H and O–H groups in total. The van der Waals surface area contributed by atoms with E-state index in [0.717, 1.165) is 42.7 Å². The third kappa shape index (κ3) is 5.03. The molecule has 1 aliphatic rings. The predicted octanol–water partition coefficient (Wildman–Crippen LogP) is 3.83. The first-order valence-electron chi connectivity index (χ1n) is 8.41. The molecule has 0 aromatic carbocycles. The fourth-order valence-corrected chi connectivity index (χ4v) is 4.25. The van der Waals surface area contributed by atoms with Gasteiger partial charge in [0, 0.05) is 29.4 Å². The Morgan fingerprint density at radius 3 is 3.00 bits per heavy atom. The molecule has 1 saturated heterocycles. The fourth-order valence-electron chi connectivity index (χ4n) is 2.97. The maximum absolute atomic E-state index is 12.0. The third-order valence-corrected chi connectivity index (χ3v) is 5.27. The van der Waals surface area contributed by atoms with Crippen molar-refractivity contribution in [2.75, 3.05) is 13.1 Å². The summed E-state index contributed by atoms with van der Waals surface area (Å²) in [6.07, 6.45) is 3.17. The average molecular weight is 383 g/mol. The molecule has 0 saturated carbocycles. The first-order valence-corrected chi connectivity index (χ1v) is 9.60. The Bertz CT molecular complexity index is 759. The van der Waals surface area contributed by atoms with E-state index in [1.54, 1.807) is 11.3 Å². The Kier molecular flexibility index (Phi) is 5.46. The van der Waals surface area contributed by atoms with Crippen LogP contribution < -0.4 is 5.32 Å². The average Bonchev–Trinajstić information content (AvgIpc) is 2.89. The zero-order valence-corrected chi connectivity index (χ0v) is 16.3. The summed E-state index contributed by atoms with van der Waals surface area (Å²) in [6, 6.07) is 2.18. The number of likely N-dealkylation sites (tertiary alicyclic amines) is 1. The van der Waals surface area contributed by atoms with E-state index >= 15 is 0 Å². The molecule has 25 heavy (non-hydrogen) atoms. The number of nitrogens with one attached hydrogen (secondary N) is 1. The monoisotopic (exact) mass is 382 g/mol. The number of alkyl carbamates (subject to hydrolysis) is 1. The third-order valence-electron chi connectivity index (χ3n) is 3.94. The lowest BCUT2D eigenvalue weighted by atomic mass is 10.1. The number of aromatic nitrogens is 2. The second-order valence-corrected chi connectivity index (χ2v) is 8.79. The number of fused-ring (bicyclic) bond motifs is 1. The van der Waals surface area contributed by atoms with Crippen LogP contribution in [-0.4, -0.2) is 45.7 Å². The number of hydrogen-bond acceptors (Lipinski definition) is 6. The lowest BCUT2D eigenvalue weighted by molar-refractivity contribution is 0.0470. The Morgan fingerprint density at radius 2 is 2.28 bits per heavy atom. The highest BCUT2D eigenvalue weighted by Gasteiger charge is 2.24. The zero-order valence-electron chi connectivity index (χ0n) is 14.7. The lowest BCUT2D eigenvalue weighted by Gasteiger charge is -2.33. The molecule has 2 aromatic heterocycles. The summed E-state index contributed by atoms with van der Waals surface area (Å²) in [5, 5.41) is 4.39. The predicted molar refractivity (Wildman–Crippen MR) is 100 cm³/mol. The topological polar surface area (TPSA) is 67.3 Å². The number of carbonyl (C=O) groups is 1. The Morgan fingerprint density at radius 1 is 1.48 bits per heavy atom. The SMILES string of the molecule is CC(C)(C)OC(=O)N[C@@H]1CCCN(Cc2cc3c(Cl)ncnc3s2)C1. The summed E-state index contributed by atoms with van der Waals surface area (Å²) in [4.78, 5) is 24.7. The molecule has 0 radical (unpaired) electrons. The molecule has 1 aliphatic heterocycles. The summed E-state index contributed by atoms with van der Waals surface area (Å²) in [7, 11) is 0. The van der Waals surface area contributed by atoms with E-state index in [1.165, 1.54) is 11.2 Å². The van der Waals surface area contributed by atoms with Crippen molar-refractivity contribution >= 4 is 39.2 Å². The van der Waals surface area contributed by atoms with Gasteiger partial charge in [-0.25, -0.2) is 14.8 Å². The number of hydrogen-bond donors (Lipinski definition) is 1. The standard InChI is InChI=1S/C17H23ClN4O2S/c1-17(2,3)24-16(23)21-11-5-4-6-22(8-11)9-12-7-13-14(18)19-10-20-15(13)25-12/h7,10-11H,4-6,8-9H2,1-3H3,(H,21,23)/t11-/m1/s1. The molecule has 8 heteroatoms. The van der Waals surface area contributed by atoms with Gasteiger partial charge in [0.05, 0.1) is 0 Å². The van der Waals surface area contributed by atoms with E-state index in [4.69, 9.17) is 16.3 Å². The van der Waals surface area contributed by atoms with Crippen LogP contribution >= 0.6 is 22.9 Å². The fraction of sp³-hybridized carbons (Fsp3) is 0.588. The van der Waals surface area contributed by atoms with E-state index in [9.17, 15) is 4.79 Å². The van der Waals surface area contributed by atoms with Gasteiger partial charge in [-0.1, -0.05) is 11.6 Å². The van der Waals surface area contributed by atoms with Gasteiger partial charge in [-0.2, -0.15) is 0 Å². The van der Waals surface area contributed by atoms with Gasteiger partial charge < -0.3 is 10.1 Å². The smallest absolute Gasteiger partial charge is 0.407 e. The molecule has 0 aliphatic carbocycles. The van der Waals surface area contributed by atoms with Crippen LogP contribution in [0.3, 0.4) is 0 Å². The van der Waals surface area contributed by atoms with Crippen molar-refractivity contribution in [3.05, 3.63) is 22.4 Å². The molecule has 0 spiro atoms. The van der Waals surface area contributed by atoms with Crippen LogP contribution in [0.15, 0.2) is 12.4 Å². The van der Waals surface area contributed by atoms with Gasteiger partial charge in [0.2, 0.25) is 0 Å². The minimum absolute atomic E-state index is 0.112. The number of nitrogens with zero attached hydrogens (tertiary/aromatic N) is 3. The zero-order chi connectivity index (χ0) is 18.0. The van der Waals surface area contributed by atoms with Gasteiger partial charge >= 0.3 is 6.09 Å². The first-order chi connectivity index (χ1) is 11.8. The molecule has 3 heterocycles. The van der Waals surface area contributed by atoms with Crippen molar-refractivity contribution < 1.29 is 9.53 Å². The molecule has 136 valence electrons. The largest absolute Gasteiger partial charge is 0.444 e. The summed E-state index contributed by atoms with van der Waals surface area (Å²) < 4.78 is 5.35. The molecular formula is C17H23ClN4O2S.